The first-order valence-electron chi connectivity index (χ1n) is 11.0. The normalized spacial score (nSPS) is 15.3. The molecule has 0 radical (unpaired) electrons. The van der Waals surface area contributed by atoms with Gasteiger partial charge in [0, 0.05) is 36.4 Å². The first kappa shape index (κ1) is 20.8. The Hall–Kier alpha value is -4.12. The number of aromatic nitrogens is 2. The molecule has 0 saturated carbocycles. The van der Waals surface area contributed by atoms with Crippen molar-refractivity contribution < 1.29 is 9.53 Å². The molecule has 2 aromatic carbocycles. The second kappa shape index (κ2) is 8.43. The highest BCUT2D eigenvalue weighted by Crippen LogP contribution is 2.29. The van der Waals surface area contributed by atoms with Gasteiger partial charge in [-0.05, 0) is 67.8 Å². The van der Waals surface area contributed by atoms with Crippen LogP contribution >= 0.6 is 0 Å². The number of hydrogen-bond acceptors (Lipinski definition) is 5. The van der Waals surface area contributed by atoms with E-state index in [0.717, 1.165) is 37.2 Å². The van der Waals surface area contributed by atoms with Crippen LogP contribution in [-0.2, 0) is 6.42 Å². The number of nitriles is 1. The average molecular weight is 441 g/mol. The number of carbonyl (C=O) groups is 1. The quantitative estimate of drug-likeness (QED) is 0.495. The third-order valence-corrected chi connectivity index (χ3v) is 6.31. The summed E-state index contributed by atoms with van der Waals surface area (Å²) in [5, 5.41) is 22.5. The van der Waals surface area contributed by atoms with Gasteiger partial charge in [0.2, 0.25) is 0 Å². The Morgan fingerprint density at radius 2 is 1.70 bits per heavy atom. The van der Waals surface area contributed by atoms with E-state index in [1.54, 1.807) is 28.8 Å². The summed E-state index contributed by atoms with van der Waals surface area (Å²) in [6.45, 7) is 2.31. The van der Waals surface area contributed by atoms with E-state index < -0.39 is 0 Å². The molecule has 1 aromatic heterocycles. The molecule has 3 heterocycles. The zero-order chi connectivity index (χ0) is 22.9. The van der Waals surface area contributed by atoms with Crippen LogP contribution in [0.4, 0.5) is 5.69 Å². The van der Waals surface area contributed by atoms with Crippen molar-refractivity contribution in [3.8, 4) is 17.5 Å². The van der Waals surface area contributed by atoms with Gasteiger partial charge in [-0.15, -0.1) is 0 Å². The lowest BCUT2D eigenvalue weighted by molar-refractivity contribution is 0.0973. The zero-order valence-corrected chi connectivity index (χ0v) is 18.4. The number of anilines is 1. The maximum absolute atomic E-state index is 13.6. The Kier molecular flexibility index (Phi) is 5.31. The lowest BCUT2D eigenvalue weighted by Gasteiger charge is -2.28. The van der Waals surface area contributed by atoms with Gasteiger partial charge in [0.1, 0.15) is 23.3 Å². The minimum absolute atomic E-state index is 0.191. The summed E-state index contributed by atoms with van der Waals surface area (Å²) in [4.78, 5) is 17.4. The minimum Gasteiger partial charge on any atom is -0.497 e. The van der Waals surface area contributed by atoms with E-state index in [-0.39, 0.29) is 11.6 Å². The molecule has 1 fully saturated rings. The van der Waals surface area contributed by atoms with Crippen LogP contribution in [0.2, 0.25) is 0 Å². The molecule has 2 aliphatic rings. The average Bonchev–Trinajstić information content (AvgIpc) is 3.53. The maximum atomic E-state index is 13.6. The number of nitrogens with one attached hydrogen (secondary N) is 1. The first-order chi connectivity index (χ1) is 16.1. The summed E-state index contributed by atoms with van der Waals surface area (Å²) < 4.78 is 6.78. The van der Waals surface area contributed by atoms with Crippen molar-refractivity contribution in [3.05, 3.63) is 71.0 Å². The number of fused-ring (bicyclic) bond motifs is 1. The molecule has 1 saturated heterocycles. The van der Waals surface area contributed by atoms with Crippen molar-refractivity contribution in [3.63, 3.8) is 0 Å². The van der Waals surface area contributed by atoms with E-state index in [9.17, 15) is 10.1 Å². The van der Waals surface area contributed by atoms with Gasteiger partial charge < -0.3 is 14.5 Å². The van der Waals surface area contributed by atoms with Gasteiger partial charge in [0.15, 0.2) is 5.69 Å². The second-order valence-electron chi connectivity index (χ2n) is 8.19. The highest BCUT2D eigenvalue weighted by molar-refractivity contribution is 6.08. The van der Waals surface area contributed by atoms with Gasteiger partial charge >= 0.3 is 0 Å². The van der Waals surface area contributed by atoms with Crippen LogP contribution in [0.1, 0.15) is 40.2 Å². The topological polar surface area (TPSA) is 98.2 Å². The monoisotopic (exact) mass is 440 g/mol. The smallest absolute Gasteiger partial charge is 0.277 e. The van der Waals surface area contributed by atoms with E-state index in [4.69, 9.17) is 10.1 Å². The number of ether oxygens (including phenoxy) is 1. The highest BCUT2D eigenvalue weighted by atomic mass is 16.5. The summed E-state index contributed by atoms with van der Waals surface area (Å²) in [5.41, 5.74) is 3.69. The SMILES string of the molecule is COc1ccc(-n2nc(C#N)c3c2C(=O)N(c2ccc(C(=N)N4CCCC4)cc2)CC3)cc1. The fraction of sp³-hybridized carbons (Fsp3) is 0.280. The number of carbonyl (C=O) groups excluding carboxylic acids is 1. The number of amides is 1. The molecule has 1 N–H and O–H groups in total. The standard InChI is InChI=1S/C25H24N6O2/c1-33-20-10-8-19(9-11-20)31-23-21(22(16-26)28-31)12-15-30(25(23)32)18-6-4-17(5-7-18)24(27)29-13-2-3-14-29/h4-11,27H,2-3,12-15H2,1H3. The first-order valence-corrected chi connectivity index (χ1v) is 11.0. The van der Waals surface area contributed by atoms with E-state index in [0.29, 0.717) is 41.5 Å². The van der Waals surface area contributed by atoms with Gasteiger partial charge in [-0.1, -0.05) is 0 Å². The Morgan fingerprint density at radius 1 is 1.03 bits per heavy atom. The van der Waals surface area contributed by atoms with Crippen molar-refractivity contribution >= 4 is 17.4 Å². The number of methoxy groups -OCH3 is 1. The van der Waals surface area contributed by atoms with Gasteiger partial charge in [-0.2, -0.15) is 10.4 Å². The van der Waals surface area contributed by atoms with Gasteiger partial charge in [0.05, 0.1) is 12.8 Å². The number of benzene rings is 2. The summed E-state index contributed by atoms with van der Waals surface area (Å²) in [6.07, 6.45) is 2.79. The largest absolute Gasteiger partial charge is 0.497 e. The van der Waals surface area contributed by atoms with Gasteiger partial charge in [0.25, 0.3) is 5.91 Å². The van der Waals surface area contributed by atoms with Crippen molar-refractivity contribution in [1.29, 1.82) is 10.7 Å². The minimum atomic E-state index is -0.191. The van der Waals surface area contributed by atoms with Gasteiger partial charge in [-0.3, -0.25) is 10.2 Å². The Bertz CT molecular complexity index is 1250. The summed E-state index contributed by atoms with van der Waals surface area (Å²) >= 11 is 0. The molecule has 0 aliphatic carbocycles. The number of rotatable bonds is 4. The van der Waals surface area contributed by atoms with E-state index >= 15 is 0 Å². The van der Waals surface area contributed by atoms with Crippen molar-refractivity contribution in [2.45, 2.75) is 19.3 Å². The molecule has 2 aliphatic heterocycles. The molecule has 166 valence electrons. The van der Waals surface area contributed by atoms with E-state index in [1.807, 2.05) is 36.4 Å². The lowest BCUT2D eigenvalue weighted by atomic mass is 10.0. The Balaban J connectivity index is 1.46. The summed E-state index contributed by atoms with van der Waals surface area (Å²) in [6, 6.07) is 17.0. The van der Waals surface area contributed by atoms with Crippen molar-refractivity contribution in [2.24, 2.45) is 0 Å². The molecule has 8 nitrogen and oxygen atoms in total. The fourth-order valence-electron chi connectivity index (χ4n) is 4.53. The van der Waals surface area contributed by atoms with Gasteiger partial charge in [-0.25, -0.2) is 4.68 Å². The number of hydrogen-bond donors (Lipinski definition) is 1. The third kappa shape index (κ3) is 3.61. The molecule has 0 spiro atoms. The molecule has 5 rings (SSSR count). The number of likely N-dealkylation sites (tertiary alicyclic amines) is 1. The predicted molar refractivity (Wildman–Crippen MR) is 124 cm³/mol. The Morgan fingerprint density at radius 3 is 2.33 bits per heavy atom. The summed E-state index contributed by atoms with van der Waals surface area (Å²) in [5.74, 6) is 1.04. The second-order valence-corrected chi connectivity index (χ2v) is 8.19. The van der Waals surface area contributed by atoms with Crippen molar-refractivity contribution in [2.75, 3.05) is 31.6 Å². The summed E-state index contributed by atoms with van der Waals surface area (Å²) in [7, 11) is 1.60. The van der Waals surface area contributed by atoms with Crippen LogP contribution in [0.15, 0.2) is 48.5 Å². The number of nitrogens with zero attached hydrogens (tertiary/aromatic N) is 5. The van der Waals surface area contributed by atoms with Crippen LogP contribution in [0, 0.1) is 16.7 Å². The molecule has 33 heavy (non-hydrogen) atoms. The van der Waals surface area contributed by atoms with Crippen LogP contribution < -0.4 is 9.64 Å². The van der Waals surface area contributed by atoms with E-state index in [1.165, 1.54) is 0 Å². The highest BCUT2D eigenvalue weighted by Gasteiger charge is 2.33. The fourth-order valence-corrected chi connectivity index (χ4v) is 4.53. The van der Waals surface area contributed by atoms with Crippen LogP contribution in [0.25, 0.3) is 5.69 Å². The predicted octanol–water partition coefficient (Wildman–Crippen LogP) is 3.38. The molecule has 3 aromatic rings. The zero-order valence-electron chi connectivity index (χ0n) is 18.4. The Labute approximate surface area is 192 Å². The van der Waals surface area contributed by atoms with Crippen LogP contribution in [0.5, 0.6) is 5.75 Å². The molecular formula is C25H24N6O2. The molecule has 0 bridgehead atoms. The number of amidine groups is 1. The molecule has 1 amide bonds. The molecular weight excluding hydrogens is 416 g/mol. The third-order valence-electron chi connectivity index (χ3n) is 6.31. The molecule has 0 unspecified atom stereocenters. The van der Waals surface area contributed by atoms with Crippen LogP contribution in [0.3, 0.4) is 0 Å². The molecule has 0 atom stereocenters. The maximum Gasteiger partial charge on any atom is 0.277 e. The van der Waals surface area contributed by atoms with Crippen LogP contribution in [-0.4, -0.2) is 53.2 Å². The van der Waals surface area contributed by atoms with E-state index in [2.05, 4.69) is 16.1 Å². The molecule has 8 heteroatoms. The van der Waals surface area contributed by atoms with Crippen molar-refractivity contribution in [1.82, 2.24) is 14.7 Å². The lowest BCUT2D eigenvalue weighted by Crippen LogP contribution is -2.38.